The lowest BCUT2D eigenvalue weighted by molar-refractivity contribution is -0.132. The highest BCUT2D eigenvalue weighted by molar-refractivity contribution is 7.80. The maximum Gasteiger partial charge on any atom is 0.223 e. The van der Waals surface area contributed by atoms with E-state index in [-0.39, 0.29) is 5.91 Å². The molecule has 0 saturated carbocycles. The van der Waals surface area contributed by atoms with Gasteiger partial charge >= 0.3 is 0 Å². The van der Waals surface area contributed by atoms with Gasteiger partial charge in [0.25, 0.3) is 0 Å². The highest BCUT2D eigenvalue weighted by Gasteiger charge is 2.24. The highest BCUT2D eigenvalue weighted by atomic mass is 32.1. The van der Waals surface area contributed by atoms with E-state index >= 15 is 0 Å². The van der Waals surface area contributed by atoms with E-state index in [0.717, 1.165) is 34.4 Å². The van der Waals surface area contributed by atoms with Crippen LogP contribution in [0.5, 0.6) is 0 Å². The second-order valence-electron chi connectivity index (χ2n) is 6.50. The summed E-state index contributed by atoms with van der Waals surface area (Å²) in [7, 11) is 0. The van der Waals surface area contributed by atoms with Gasteiger partial charge in [0.15, 0.2) is 10.2 Å². The molecule has 1 aliphatic rings. The summed E-state index contributed by atoms with van der Waals surface area (Å²) >= 11 is 6.92. The standard InChI is InChI=1S/C18H22N4OS2/c1-12(2)10-16(23)22-9-8-14-15(11-22)25-18(20-14)21-17(24)19-13-6-4-3-5-7-13/h3-7,12H,8-11H2,1-2H3,(H2,19,20,21,24). The van der Waals surface area contributed by atoms with Crippen molar-refractivity contribution < 1.29 is 4.79 Å². The van der Waals surface area contributed by atoms with Crippen LogP contribution in [0.2, 0.25) is 0 Å². The molecule has 132 valence electrons. The second-order valence-corrected chi connectivity index (χ2v) is 7.99. The third-order valence-electron chi connectivity index (χ3n) is 3.92. The molecule has 1 amide bonds. The summed E-state index contributed by atoms with van der Waals surface area (Å²) in [6, 6.07) is 9.78. The number of nitrogens with one attached hydrogen (secondary N) is 2. The Morgan fingerprint density at radius 2 is 2.08 bits per heavy atom. The first-order chi connectivity index (χ1) is 12.0. The van der Waals surface area contributed by atoms with Gasteiger partial charge in [-0.15, -0.1) is 0 Å². The van der Waals surface area contributed by atoms with Crippen LogP contribution in [0, 0.1) is 5.92 Å². The Balaban J connectivity index is 1.60. The first kappa shape index (κ1) is 17.8. The second kappa shape index (κ2) is 7.93. The normalized spacial score (nSPS) is 13.5. The molecule has 1 aliphatic heterocycles. The molecule has 1 aromatic carbocycles. The van der Waals surface area contributed by atoms with Crippen molar-refractivity contribution in [3.05, 3.63) is 40.9 Å². The van der Waals surface area contributed by atoms with E-state index in [1.54, 1.807) is 11.3 Å². The van der Waals surface area contributed by atoms with Crippen molar-refractivity contribution in [1.82, 2.24) is 9.88 Å². The van der Waals surface area contributed by atoms with Gasteiger partial charge in [-0.05, 0) is 30.3 Å². The van der Waals surface area contributed by atoms with E-state index in [4.69, 9.17) is 12.2 Å². The summed E-state index contributed by atoms with van der Waals surface area (Å²) in [6.45, 7) is 5.54. The molecule has 0 bridgehead atoms. The number of thiazole rings is 1. The number of hydrogen-bond donors (Lipinski definition) is 2. The topological polar surface area (TPSA) is 57.3 Å². The smallest absolute Gasteiger partial charge is 0.223 e. The molecule has 0 radical (unpaired) electrons. The van der Waals surface area contributed by atoms with Gasteiger partial charge in [0.1, 0.15) is 0 Å². The van der Waals surface area contributed by atoms with Crippen LogP contribution >= 0.6 is 23.6 Å². The van der Waals surface area contributed by atoms with Crippen LogP contribution in [0.15, 0.2) is 30.3 Å². The molecule has 0 aliphatic carbocycles. The summed E-state index contributed by atoms with van der Waals surface area (Å²) in [5.74, 6) is 0.610. The zero-order valence-electron chi connectivity index (χ0n) is 14.4. The minimum Gasteiger partial charge on any atom is -0.337 e. The van der Waals surface area contributed by atoms with Gasteiger partial charge in [-0.1, -0.05) is 43.4 Å². The number of rotatable bonds is 4. The number of para-hydroxylation sites is 1. The van der Waals surface area contributed by atoms with Crippen LogP contribution in [0.1, 0.15) is 30.8 Å². The lowest BCUT2D eigenvalue weighted by Crippen LogP contribution is -2.36. The number of carbonyl (C=O) groups excluding carboxylic acids is 1. The fourth-order valence-electron chi connectivity index (χ4n) is 2.72. The third-order valence-corrected chi connectivity index (χ3v) is 5.12. The molecule has 0 saturated heterocycles. The number of anilines is 2. The molecule has 7 heteroatoms. The highest BCUT2D eigenvalue weighted by Crippen LogP contribution is 2.29. The zero-order chi connectivity index (χ0) is 17.8. The van der Waals surface area contributed by atoms with Gasteiger partial charge in [-0.3, -0.25) is 4.79 Å². The average molecular weight is 375 g/mol. The van der Waals surface area contributed by atoms with Crippen LogP contribution in [0.4, 0.5) is 10.8 Å². The number of carbonyl (C=O) groups is 1. The van der Waals surface area contributed by atoms with Crippen LogP contribution in [0.25, 0.3) is 0 Å². The molecule has 1 aromatic heterocycles. The molecule has 2 heterocycles. The molecule has 5 nitrogen and oxygen atoms in total. The Morgan fingerprint density at radius 3 is 2.80 bits per heavy atom. The molecule has 0 atom stereocenters. The van der Waals surface area contributed by atoms with Gasteiger partial charge in [-0.2, -0.15) is 0 Å². The van der Waals surface area contributed by atoms with Crippen molar-refractivity contribution in [2.24, 2.45) is 5.92 Å². The van der Waals surface area contributed by atoms with Crippen molar-refractivity contribution >= 4 is 45.4 Å². The molecular formula is C18H22N4OS2. The van der Waals surface area contributed by atoms with Gasteiger partial charge in [-0.25, -0.2) is 4.98 Å². The summed E-state index contributed by atoms with van der Waals surface area (Å²) in [6.07, 6.45) is 1.40. The number of amides is 1. The quantitative estimate of drug-likeness (QED) is 0.796. The predicted molar refractivity (Wildman–Crippen MR) is 107 cm³/mol. The minimum atomic E-state index is 0.227. The lowest BCUT2D eigenvalue weighted by Gasteiger charge is -2.26. The number of hydrogen-bond acceptors (Lipinski definition) is 4. The third kappa shape index (κ3) is 4.76. The summed E-state index contributed by atoms with van der Waals surface area (Å²) in [5.41, 5.74) is 2.01. The zero-order valence-corrected chi connectivity index (χ0v) is 16.0. The van der Waals surface area contributed by atoms with Gasteiger partial charge in [0.05, 0.1) is 12.2 Å². The van der Waals surface area contributed by atoms with E-state index in [1.165, 1.54) is 0 Å². The fraction of sp³-hybridized carbons (Fsp3) is 0.389. The van der Waals surface area contributed by atoms with Gasteiger partial charge in [0, 0.05) is 30.0 Å². The van der Waals surface area contributed by atoms with E-state index in [2.05, 4.69) is 29.5 Å². The molecular weight excluding hydrogens is 352 g/mol. The van der Waals surface area contributed by atoms with Crippen LogP contribution < -0.4 is 10.6 Å². The number of thiocarbonyl (C=S) groups is 1. The van der Waals surface area contributed by atoms with Crippen molar-refractivity contribution in [1.29, 1.82) is 0 Å². The van der Waals surface area contributed by atoms with E-state index in [0.29, 0.717) is 24.0 Å². The van der Waals surface area contributed by atoms with Crippen LogP contribution in [-0.2, 0) is 17.8 Å². The first-order valence-corrected chi connectivity index (χ1v) is 9.63. The Morgan fingerprint density at radius 1 is 1.32 bits per heavy atom. The molecule has 2 aromatic rings. The Labute approximate surface area is 157 Å². The summed E-state index contributed by atoms with van der Waals surface area (Å²) in [5, 5.41) is 7.58. The van der Waals surface area contributed by atoms with E-state index in [1.807, 2.05) is 35.2 Å². The van der Waals surface area contributed by atoms with Crippen molar-refractivity contribution in [3.8, 4) is 0 Å². The Hall–Kier alpha value is -1.99. The van der Waals surface area contributed by atoms with Crippen molar-refractivity contribution in [3.63, 3.8) is 0 Å². The van der Waals surface area contributed by atoms with E-state index < -0.39 is 0 Å². The fourth-order valence-corrected chi connectivity index (χ4v) is 4.03. The van der Waals surface area contributed by atoms with E-state index in [9.17, 15) is 4.79 Å². The SMILES string of the molecule is CC(C)CC(=O)N1CCc2nc(NC(=S)Nc3ccccc3)sc2C1. The Bertz CT molecular complexity index is 758. The Kier molecular flexibility index (Phi) is 5.65. The molecule has 3 rings (SSSR count). The van der Waals surface area contributed by atoms with Crippen LogP contribution in [0.3, 0.4) is 0 Å². The number of benzene rings is 1. The van der Waals surface area contributed by atoms with Crippen molar-refractivity contribution in [2.75, 3.05) is 17.2 Å². The monoisotopic (exact) mass is 374 g/mol. The molecule has 0 spiro atoms. The number of nitrogens with zero attached hydrogens (tertiary/aromatic N) is 2. The summed E-state index contributed by atoms with van der Waals surface area (Å²) in [4.78, 5) is 20.0. The molecule has 2 N–H and O–H groups in total. The lowest BCUT2D eigenvalue weighted by atomic mass is 10.1. The number of fused-ring (bicyclic) bond motifs is 1. The van der Waals surface area contributed by atoms with Crippen LogP contribution in [-0.4, -0.2) is 27.4 Å². The number of aromatic nitrogens is 1. The molecule has 25 heavy (non-hydrogen) atoms. The molecule has 0 unspecified atom stereocenters. The maximum atomic E-state index is 12.3. The first-order valence-electron chi connectivity index (χ1n) is 8.40. The van der Waals surface area contributed by atoms with Gasteiger partial charge < -0.3 is 15.5 Å². The average Bonchev–Trinajstić information content (AvgIpc) is 2.96. The largest absolute Gasteiger partial charge is 0.337 e. The van der Waals surface area contributed by atoms with Crippen molar-refractivity contribution in [2.45, 2.75) is 33.2 Å². The molecule has 0 fully saturated rings. The predicted octanol–water partition coefficient (Wildman–Crippen LogP) is 3.88. The summed E-state index contributed by atoms with van der Waals surface area (Å²) < 4.78 is 0. The minimum absolute atomic E-state index is 0.227. The maximum absolute atomic E-state index is 12.3. The van der Waals surface area contributed by atoms with Gasteiger partial charge in [0.2, 0.25) is 5.91 Å².